The number of carbonyl (C=O) groups is 1. The lowest BCUT2D eigenvalue weighted by Crippen LogP contribution is -2.07. The maximum absolute atomic E-state index is 13.3. The van der Waals surface area contributed by atoms with E-state index in [0.717, 1.165) is 39.5 Å². The summed E-state index contributed by atoms with van der Waals surface area (Å²) in [5, 5.41) is 0.757. The number of carbonyl (C=O) groups excluding carboxylic acids is 1. The predicted octanol–water partition coefficient (Wildman–Crippen LogP) is 3.78. The lowest BCUT2D eigenvalue weighted by Gasteiger charge is -2.06. The molecule has 0 N–H and O–H groups in total. The highest BCUT2D eigenvalue weighted by atomic mass is 32.1. The molecule has 92 valence electrons. The molecular formula is C14H12FNOS. The first kappa shape index (κ1) is 11.5. The van der Waals surface area contributed by atoms with Crippen LogP contribution in [0, 0.1) is 12.7 Å². The number of hydrogen-bond donors (Lipinski definition) is 0. The monoisotopic (exact) mass is 261 g/mol. The number of thiazole rings is 1. The molecule has 0 saturated heterocycles. The summed E-state index contributed by atoms with van der Waals surface area (Å²) in [7, 11) is 0. The van der Waals surface area contributed by atoms with E-state index in [1.807, 2.05) is 6.92 Å². The molecule has 0 amide bonds. The van der Waals surface area contributed by atoms with Crippen molar-refractivity contribution in [1.29, 1.82) is 0 Å². The number of Topliss-reactive ketones (excluding diaryl/α,β-unsaturated/α-hetero) is 1. The van der Waals surface area contributed by atoms with Crippen LogP contribution in [-0.2, 0) is 6.42 Å². The maximum atomic E-state index is 13.3. The Bertz CT molecular complexity index is 633. The van der Waals surface area contributed by atoms with E-state index in [4.69, 9.17) is 0 Å². The average Bonchev–Trinajstić information content (AvgIpc) is 2.77. The quantitative estimate of drug-likeness (QED) is 0.782. The van der Waals surface area contributed by atoms with Gasteiger partial charge in [0, 0.05) is 12.0 Å². The van der Waals surface area contributed by atoms with Gasteiger partial charge in [-0.3, -0.25) is 4.79 Å². The number of halogens is 1. The van der Waals surface area contributed by atoms with Crippen LogP contribution in [-0.4, -0.2) is 10.8 Å². The Morgan fingerprint density at radius 1 is 1.33 bits per heavy atom. The van der Waals surface area contributed by atoms with Crippen molar-refractivity contribution in [3.8, 4) is 10.6 Å². The molecule has 2 nitrogen and oxygen atoms in total. The number of aryl methyl sites for hydroxylation is 2. The van der Waals surface area contributed by atoms with E-state index in [9.17, 15) is 9.18 Å². The zero-order valence-electron chi connectivity index (χ0n) is 10.00. The fraction of sp³-hybridized carbons (Fsp3) is 0.286. The highest BCUT2D eigenvalue weighted by Gasteiger charge is 2.23. The molecule has 1 aliphatic rings. The number of hydrogen-bond acceptors (Lipinski definition) is 3. The Morgan fingerprint density at radius 3 is 2.94 bits per heavy atom. The third-order valence-corrected chi connectivity index (χ3v) is 4.37. The Balaban J connectivity index is 2.13. The second-order valence-electron chi connectivity index (χ2n) is 4.53. The van der Waals surface area contributed by atoms with E-state index >= 15 is 0 Å². The average molecular weight is 261 g/mol. The summed E-state index contributed by atoms with van der Waals surface area (Å²) in [6.07, 6.45) is 2.33. The molecule has 0 aliphatic heterocycles. The highest BCUT2D eigenvalue weighted by molar-refractivity contribution is 7.17. The SMILES string of the molecule is Cc1ccc(F)cc1-c1nc2c(s1)C(=O)CCC2. The van der Waals surface area contributed by atoms with Crippen LogP contribution in [0.15, 0.2) is 18.2 Å². The van der Waals surface area contributed by atoms with Gasteiger partial charge in [0.15, 0.2) is 5.78 Å². The van der Waals surface area contributed by atoms with Crippen LogP contribution in [0.1, 0.15) is 33.8 Å². The van der Waals surface area contributed by atoms with E-state index in [1.165, 1.54) is 23.5 Å². The Morgan fingerprint density at radius 2 is 2.17 bits per heavy atom. The Labute approximate surface area is 108 Å². The zero-order valence-corrected chi connectivity index (χ0v) is 10.8. The first-order valence-electron chi connectivity index (χ1n) is 5.94. The molecule has 0 spiro atoms. The van der Waals surface area contributed by atoms with Crippen LogP contribution in [0.25, 0.3) is 10.6 Å². The van der Waals surface area contributed by atoms with Gasteiger partial charge in [-0.15, -0.1) is 11.3 Å². The van der Waals surface area contributed by atoms with Gasteiger partial charge in [-0.2, -0.15) is 0 Å². The third kappa shape index (κ3) is 1.86. The van der Waals surface area contributed by atoms with Crippen molar-refractivity contribution < 1.29 is 9.18 Å². The third-order valence-electron chi connectivity index (χ3n) is 3.20. The van der Waals surface area contributed by atoms with Gasteiger partial charge in [0.2, 0.25) is 0 Å². The number of fused-ring (bicyclic) bond motifs is 1. The van der Waals surface area contributed by atoms with Gasteiger partial charge >= 0.3 is 0 Å². The summed E-state index contributed by atoms with van der Waals surface area (Å²) in [6.45, 7) is 1.93. The molecule has 0 atom stereocenters. The van der Waals surface area contributed by atoms with Gasteiger partial charge in [0.1, 0.15) is 10.8 Å². The number of rotatable bonds is 1. The molecule has 1 aromatic heterocycles. The Hall–Kier alpha value is -1.55. The smallest absolute Gasteiger partial charge is 0.174 e. The van der Waals surface area contributed by atoms with Crippen molar-refractivity contribution in [3.63, 3.8) is 0 Å². The summed E-state index contributed by atoms with van der Waals surface area (Å²) in [5.74, 6) is -0.0934. The highest BCUT2D eigenvalue weighted by Crippen LogP contribution is 2.34. The largest absolute Gasteiger partial charge is 0.293 e. The van der Waals surface area contributed by atoms with Crippen molar-refractivity contribution >= 4 is 17.1 Å². The normalized spacial score (nSPS) is 14.7. The molecule has 18 heavy (non-hydrogen) atoms. The van der Waals surface area contributed by atoms with Gasteiger partial charge in [-0.1, -0.05) is 6.07 Å². The van der Waals surface area contributed by atoms with E-state index in [1.54, 1.807) is 6.07 Å². The van der Waals surface area contributed by atoms with Gasteiger partial charge in [0.25, 0.3) is 0 Å². The number of nitrogens with zero attached hydrogens (tertiary/aromatic N) is 1. The maximum Gasteiger partial charge on any atom is 0.174 e. The van der Waals surface area contributed by atoms with Crippen LogP contribution >= 0.6 is 11.3 Å². The van der Waals surface area contributed by atoms with E-state index in [-0.39, 0.29) is 11.6 Å². The van der Waals surface area contributed by atoms with Gasteiger partial charge < -0.3 is 0 Å². The summed E-state index contributed by atoms with van der Waals surface area (Å²) >= 11 is 1.39. The second kappa shape index (κ2) is 4.28. The molecule has 0 fully saturated rings. The van der Waals surface area contributed by atoms with Crippen LogP contribution in [0.3, 0.4) is 0 Å². The summed E-state index contributed by atoms with van der Waals surface area (Å²) in [4.78, 5) is 17.0. The van der Waals surface area contributed by atoms with Crippen molar-refractivity contribution in [2.75, 3.05) is 0 Å². The molecule has 1 aromatic carbocycles. The van der Waals surface area contributed by atoms with Gasteiger partial charge in [-0.25, -0.2) is 9.37 Å². The molecule has 3 rings (SSSR count). The first-order valence-corrected chi connectivity index (χ1v) is 6.76. The van der Waals surface area contributed by atoms with Gasteiger partial charge in [0.05, 0.1) is 10.6 Å². The molecule has 0 unspecified atom stereocenters. The van der Waals surface area contributed by atoms with Crippen molar-refractivity contribution in [2.24, 2.45) is 0 Å². The van der Waals surface area contributed by atoms with Crippen LogP contribution < -0.4 is 0 Å². The minimum Gasteiger partial charge on any atom is -0.293 e. The van der Waals surface area contributed by atoms with E-state index in [0.29, 0.717) is 6.42 Å². The summed E-state index contributed by atoms with van der Waals surface area (Å²) in [6, 6.07) is 4.68. The molecule has 0 radical (unpaired) electrons. The minimum absolute atomic E-state index is 0.175. The van der Waals surface area contributed by atoms with Gasteiger partial charge in [-0.05, 0) is 37.5 Å². The van der Waals surface area contributed by atoms with Crippen LogP contribution in [0.2, 0.25) is 0 Å². The second-order valence-corrected chi connectivity index (χ2v) is 5.53. The standard InChI is InChI=1S/C14H12FNOS/c1-8-5-6-9(15)7-10(8)14-16-11-3-2-4-12(17)13(11)18-14/h5-7H,2-4H2,1H3. The zero-order chi connectivity index (χ0) is 12.7. The topological polar surface area (TPSA) is 30.0 Å². The van der Waals surface area contributed by atoms with Crippen LogP contribution in [0.4, 0.5) is 4.39 Å². The lowest BCUT2D eigenvalue weighted by atomic mass is 10.0. The van der Waals surface area contributed by atoms with E-state index in [2.05, 4.69) is 4.98 Å². The van der Waals surface area contributed by atoms with Crippen LogP contribution in [0.5, 0.6) is 0 Å². The molecule has 4 heteroatoms. The summed E-state index contributed by atoms with van der Waals surface area (Å²) in [5.41, 5.74) is 2.66. The first-order chi connectivity index (χ1) is 8.65. The molecule has 2 aromatic rings. The van der Waals surface area contributed by atoms with Crippen molar-refractivity contribution in [2.45, 2.75) is 26.2 Å². The number of aromatic nitrogens is 1. The minimum atomic E-state index is -0.268. The molecule has 1 heterocycles. The molecule has 0 saturated carbocycles. The summed E-state index contributed by atoms with van der Waals surface area (Å²) < 4.78 is 13.3. The van der Waals surface area contributed by atoms with Crippen molar-refractivity contribution in [1.82, 2.24) is 4.98 Å². The fourth-order valence-electron chi connectivity index (χ4n) is 2.21. The fourth-order valence-corrected chi connectivity index (χ4v) is 3.37. The number of ketones is 1. The van der Waals surface area contributed by atoms with E-state index < -0.39 is 0 Å². The molecule has 1 aliphatic carbocycles. The lowest BCUT2D eigenvalue weighted by molar-refractivity contribution is 0.0976. The molecule has 0 bridgehead atoms. The number of benzene rings is 1. The predicted molar refractivity (Wildman–Crippen MR) is 69.5 cm³/mol. The molecular weight excluding hydrogens is 249 g/mol. The van der Waals surface area contributed by atoms with Crippen molar-refractivity contribution in [3.05, 3.63) is 40.2 Å². The Kier molecular flexibility index (Phi) is 2.74.